The molecule has 0 N–H and O–H groups in total. The minimum Gasteiger partial charge on any atom is -0.284 e. The monoisotopic (exact) mass is 523 g/mol. The molecule has 0 saturated carbocycles. The predicted octanol–water partition coefficient (Wildman–Crippen LogP) is 10.9. The highest BCUT2D eigenvalue weighted by atomic mass is 31.3. The molecule has 0 fully saturated rings. The van der Waals surface area contributed by atoms with Crippen molar-refractivity contribution in [2.75, 3.05) is 31.7 Å². The molecule has 0 bridgehead atoms. The van der Waals surface area contributed by atoms with E-state index >= 15 is 0 Å². The van der Waals surface area contributed by atoms with Gasteiger partial charge in [-0.1, -0.05) is 106 Å². The average molecular weight is 524 g/mol. The van der Waals surface area contributed by atoms with Crippen molar-refractivity contribution in [3.05, 3.63) is 0 Å². The Morgan fingerprint density at radius 3 is 1.24 bits per heavy atom. The van der Waals surface area contributed by atoms with E-state index in [0.717, 1.165) is 82.7 Å². The van der Waals surface area contributed by atoms with Crippen molar-refractivity contribution in [2.45, 2.75) is 138 Å². The minimum atomic E-state index is -3.61. The Labute approximate surface area is 215 Å². The molecule has 206 valence electrons. The molecule has 0 aliphatic heterocycles. The Kier molecular flexibility index (Phi) is 22.0. The smallest absolute Gasteiger partial charge is 0.284 e. The van der Waals surface area contributed by atoms with E-state index in [-0.39, 0.29) is 0 Å². The average Bonchev–Trinajstić information content (AvgIpc) is 2.85. The zero-order chi connectivity index (χ0) is 25.7. The molecule has 0 rings (SSSR count). The summed E-state index contributed by atoms with van der Waals surface area (Å²) in [5.41, 5.74) is 0. The number of phosphoric ester groups is 1. The van der Waals surface area contributed by atoms with Crippen molar-refractivity contribution in [2.24, 2.45) is 11.8 Å². The maximum atomic E-state index is 14.3. The minimum absolute atomic E-state index is 0.414. The fourth-order valence-electron chi connectivity index (χ4n) is 4.28. The van der Waals surface area contributed by atoms with Crippen molar-refractivity contribution < 1.29 is 17.9 Å². The lowest BCUT2D eigenvalue weighted by Crippen LogP contribution is -2.17. The highest BCUT2D eigenvalue weighted by molar-refractivity contribution is 7.77. The maximum absolute atomic E-state index is 14.3. The molecule has 0 radical (unpaired) electrons. The molecule has 6 heteroatoms. The van der Waals surface area contributed by atoms with E-state index in [0.29, 0.717) is 25.0 Å². The van der Waals surface area contributed by atoms with Crippen LogP contribution in [-0.4, -0.2) is 31.7 Å². The second kappa shape index (κ2) is 21.6. The molecular weight excluding hydrogens is 462 g/mol. The van der Waals surface area contributed by atoms with Gasteiger partial charge >= 0.3 is 7.82 Å². The van der Waals surface area contributed by atoms with Gasteiger partial charge in [0.05, 0.1) is 31.7 Å². The van der Waals surface area contributed by atoms with Gasteiger partial charge in [0.25, 0.3) is 0 Å². The van der Waals surface area contributed by atoms with Crippen molar-refractivity contribution >= 4 is 15.3 Å². The Balaban J connectivity index is 5.75. The summed E-state index contributed by atoms with van der Waals surface area (Å²) < 4.78 is 33.4. The zero-order valence-electron chi connectivity index (χ0n) is 24.1. The number of phosphoric acid groups is 1. The van der Waals surface area contributed by atoms with Crippen LogP contribution in [0, 0.1) is 11.8 Å². The van der Waals surface area contributed by atoms with E-state index < -0.39 is 15.3 Å². The summed E-state index contributed by atoms with van der Waals surface area (Å²) >= 11 is 0. The van der Waals surface area contributed by atoms with Crippen LogP contribution in [0.1, 0.15) is 138 Å². The van der Waals surface area contributed by atoms with Gasteiger partial charge in [0.2, 0.25) is 0 Å². The second-order valence-corrected chi connectivity index (χ2v) is 15.8. The molecule has 0 aromatic carbocycles. The van der Waals surface area contributed by atoms with Crippen molar-refractivity contribution in [1.82, 2.24) is 0 Å². The van der Waals surface area contributed by atoms with Gasteiger partial charge in [-0.15, -0.1) is 4.31 Å². The van der Waals surface area contributed by atoms with Gasteiger partial charge in [-0.25, -0.2) is 4.57 Å². The van der Waals surface area contributed by atoms with Gasteiger partial charge in [0.15, 0.2) is 7.49 Å². The van der Waals surface area contributed by atoms with E-state index in [2.05, 4.69) is 48.5 Å². The van der Waals surface area contributed by atoms with E-state index in [4.69, 9.17) is 13.4 Å². The number of hydrogen-bond acceptors (Lipinski definition) is 4. The van der Waals surface area contributed by atoms with Crippen molar-refractivity contribution in [1.29, 1.82) is 0 Å². The molecule has 34 heavy (non-hydrogen) atoms. The van der Waals surface area contributed by atoms with E-state index in [1.54, 1.807) is 0 Å². The standard InChI is InChI=1S/C28H61O4P2/c1-8-15-20-27(13-6)25-30-34(29,31-26-28(14-7)21-16-9-2)32-33(22-17-10-3,23-18-11-4)24-19-12-5/h27-28H,8-26H2,1-7H3/q+1. The maximum Gasteiger partial charge on any atom is 0.508 e. The quantitative estimate of drug-likeness (QED) is 0.112. The van der Waals surface area contributed by atoms with Crippen LogP contribution < -0.4 is 0 Å². The largest absolute Gasteiger partial charge is 0.508 e. The highest BCUT2D eigenvalue weighted by Gasteiger charge is 2.48. The Hall–Kier alpha value is 0.540. The third-order valence-corrected chi connectivity index (χ3v) is 13.6. The van der Waals surface area contributed by atoms with E-state index in [1.165, 1.54) is 25.7 Å². The van der Waals surface area contributed by atoms with Crippen LogP contribution in [0.5, 0.6) is 0 Å². The Morgan fingerprint density at radius 1 is 0.588 bits per heavy atom. The molecule has 0 saturated heterocycles. The van der Waals surface area contributed by atoms with Crippen LogP contribution in [-0.2, 0) is 17.9 Å². The molecule has 0 amide bonds. The first-order valence-electron chi connectivity index (χ1n) is 14.8. The van der Waals surface area contributed by atoms with Crippen LogP contribution in [0.15, 0.2) is 0 Å². The van der Waals surface area contributed by atoms with Gasteiger partial charge in [-0.05, 0) is 43.9 Å². The first-order chi connectivity index (χ1) is 16.4. The van der Waals surface area contributed by atoms with Crippen LogP contribution in [0.25, 0.3) is 0 Å². The molecule has 4 nitrogen and oxygen atoms in total. The normalized spacial score (nSPS) is 15.9. The molecule has 2 unspecified atom stereocenters. The van der Waals surface area contributed by atoms with Crippen molar-refractivity contribution in [3.63, 3.8) is 0 Å². The first kappa shape index (κ1) is 34.5. The van der Waals surface area contributed by atoms with Gasteiger partial charge in [0, 0.05) is 0 Å². The molecule has 0 aliphatic rings. The summed E-state index contributed by atoms with van der Waals surface area (Å²) in [5.74, 6) is 0.828. The summed E-state index contributed by atoms with van der Waals surface area (Å²) in [5, 5.41) is 0. The highest BCUT2D eigenvalue weighted by Crippen LogP contribution is 2.73. The fourth-order valence-corrected chi connectivity index (χ4v) is 11.5. The number of unbranched alkanes of at least 4 members (excludes halogenated alkanes) is 5. The summed E-state index contributed by atoms with van der Waals surface area (Å²) in [6.07, 6.45) is 19.0. The summed E-state index contributed by atoms with van der Waals surface area (Å²) in [6.45, 7) is 16.5. The van der Waals surface area contributed by atoms with Crippen LogP contribution >= 0.6 is 15.3 Å². The molecule has 0 spiro atoms. The first-order valence-corrected chi connectivity index (χ1v) is 18.6. The lowest BCUT2D eigenvalue weighted by Gasteiger charge is -2.30. The predicted molar refractivity (Wildman–Crippen MR) is 153 cm³/mol. The number of hydrogen-bond donors (Lipinski definition) is 0. The van der Waals surface area contributed by atoms with Crippen LogP contribution in [0.4, 0.5) is 0 Å². The topological polar surface area (TPSA) is 44.8 Å². The Morgan fingerprint density at radius 2 is 0.941 bits per heavy atom. The molecule has 0 aromatic heterocycles. The van der Waals surface area contributed by atoms with Gasteiger partial charge in [-0.2, -0.15) is 0 Å². The lowest BCUT2D eigenvalue weighted by molar-refractivity contribution is 0.117. The lowest BCUT2D eigenvalue weighted by atomic mass is 10.0. The summed E-state index contributed by atoms with van der Waals surface area (Å²) in [6, 6.07) is 0. The summed E-state index contributed by atoms with van der Waals surface area (Å²) in [4.78, 5) is 0. The third-order valence-electron chi connectivity index (χ3n) is 7.05. The molecule has 0 aliphatic carbocycles. The molecule has 2 atom stereocenters. The SMILES string of the molecule is CCCCC(CC)COP(=O)(OCC(CC)CCCC)O[P+](CCCC)(CCCC)CCCC. The molecular formula is C28H61O4P2+. The van der Waals surface area contributed by atoms with Gasteiger partial charge < -0.3 is 0 Å². The van der Waals surface area contributed by atoms with Crippen molar-refractivity contribution in [3.8, 4) is 0 Å². The van der Waals surface area contributed by atoms with E-state index in [1.807, 2.05) is 0 Å². The third kappa shape index (κ3) is 15.6. The van der Waals surface area contributed by atoms with Crippen LogP contribution in [0.3, 0.4) is 0 Å². The van der Waals surface area contributed by atoms with Crippen LogP contribution in [0.2, 0.25) is 0 Å². The molecule has 0 aromatic rings. The Bertz CT molecular complexity index is 455. The molecule has 0 heterocycles. The zero-order valence-corrected chi connectivity index (χ0v) is 25.9. The summed E-state index contributed by atoms with van der Waals surface area (Å²) in [7, 11) is -5.47. The van der Waals surface area contributed by atoms with Gasteiger partial charge in [0.1, 0.15) is 0 Å². The van der Waals surface area contributed by atoms with E-state index in [9.17, 15) is 4.57 Å². The van der Waals surface area contributed by atoms with Gasteiger partial charge in [-0.3, -0.25) is 9.05 Å². The number of rotatable bonds is 25. The second-order valence-electron chi connectivity index (χ2n) is 10.2. The fraction of sp³-hybridized carbons (Fsp3) is 1.00.